The van der Waals surface area contributed by atoms with Gasteiger partial charge in [-0.25, -0.2) is 15.3 Å². The van der Waals surface area contributed by atoms with Crippen LogP contribution in [0.3, 0.4) is 0 Å². The van der Waals surface area contributed by atoms with Crippen molar-refractivity contribution in [1.29, 1.82) is 0 Å². The quantitative estimate of drug-likeness (QED) is 0.0251. The van der Waals surface area contributed by atoms with E-state index in [1.165, 1.54) is 167 Å². The van der Waals surface area contributed by atoms with Crippen LogP contribution in [0.5, 0.6) is 0 Å². The number of aliphatic hydroxyl groups is 1. The average molecular weight is 683 g/mol. The molecule has 0 amide bonds. The SMILES string of the molecule is CCCCCCCC/C=C\CCCCCCCCNP(=O)(NCCCCCCCC/C=C\CCCCCCCC)NCCNCCO. The van der Waals surface area contributed by atoms with E-state index in [0.29, 0.717) is 19.6 Å². The first-order valence-corrected chi connectivity index (χ1v) is 22.4. The van der Waals surface area contributed by atoms with Gasteiger partial charge < -0.3 is 10.4 Å². The zero-order chi connectivity index (χ0) is 34.2. The first kappa shape index (κ1) is 46.5. The van der Waals surface area contributed by atoms with E-state index >= 15 is 0 Å². The summed E-state index contributed by atoms with van der Waals surface area (Å²) in [6.45, 7) is 8.10. The van der Waals surface area contributed by atoms with Crippen molar-refractivity contribution in [3.8, 4) is 0 Å². The summed E-state index contributed by atoms with van der Waals surface area (Å²) in [7, 11) is -2.82. The molecule has 5 N–H and O–H groups in total. The lowest BCUT2D eigenvalue weighted by Gasteiger charge is -2.22. The van der Waals surface area contributed by atoms with Crippen LogP contribution in [0.15, 0.2) is 24.3 Å². The Labute approximate surface area is 294 Å². The summed E-state index contributed by atoms with van der Waals surface area (Å²) in [5.74, 6) is 0. The molecular formula is C40H83N4O2P. The third-order valence-corrected chi connectivity index (χ3v) is 11.0. The van der Waals surface area contributed by atoms with Gasteiger partial charge in [-0.15, -0.1) is 0 Å². The van der Waals surface area contributed by atoms with Crippen molar-refractivity contribution in [2.75, 3.05) is 39.3 Å². The first-order chi connectivity index (χ1) is 23.2. The molecule has 0 aliphatic heterocycles. The standard InChI is InChI=1S/C40H83N4O2P/c1-3-5-7-9-11-13-15-17-19-21-23-25-27-29-31-33-35-42-47(46,44-38-37-41-39-40-45)43-36-34-32-30-28-26-24-22-20-18-16-14-12-10-8-6-4-2/h17-20,41,45H,3-16,21-40H2,1-2H3,(H3,42,43,44,46)/b19-17-,20-18-. The molecule has 0 aromatic rings. The van der Waals surface area contributed by atoms with Gasteiger partial charge in [0.15, 0.2) is 0 Å². The topological polar surface area (TPSA) is 85.4 Å². The Kier molecular flexibility index (Phi) is 39.5. The Morgan fingerprint density at radius 3 is 1.09 bits per heavy atom. The fraction of sp³-hybridized carbons (Fsp3) is 0.900. The predicted octanol–water partition coefficient (Wildman–Crippen LogP) is 11.5. The van der Waals surface area contributed by atoms with Gasteiger partial charge in [0.1, 0.15) is 0 Å². The third-order valence-electron chi connectivity index (χ3n) is 8.97. The van der Waals surface area contributed by atoms with Gasteiger partial charge >= 0.3 is 0 Å². The molecule has 0 unspecified atom stereocenters. The molecule has 0 radical (unpaired) electrons. The molecule has 0 aromatic heterocycles. The van der Waals surface area contributed by atoms with Gasteiger partial charge in [0.05, 0.1) is 6.61 Å². The summed E-state index contributed by atoms with van der Waals surface area (Å²) in [4.78, 5) is 0. The molecule has 7 heteroatoms. The Morgan fingerprint density at radius 2 is 0.723 bits per heavy atom. The number of allylic oxidation sites excluding steroid dienone is 4. The summed E-state index contributed by atoms with van der Waals surface area (Å²) in [6.07, 6.45) is 45.9. The highest BCUT2D eigenvalue weighted by Gasteiger charge is 2.19. The van der Waals surface area contributed by atoms with Crippen molar-refractivity contribution in [2.45, 2.75) is 194 Å². The van der Waals surface area contributed by atoms with Crippen molar-refractivity contribution in [3.05, 3.63) is 24.3 Å². The Balaban J connectivity index is 3.88. The minimum Gasteiger partial charge on any atom is -0.395 e. The van der Waals surface area contributed by atoms with E-state index in [0.717, 1.165) is 25.9 Å². The predicted molar refractivity (Wildman–Crippen MR) is 210 cm³/mol. The van der Waals surface area contributed by atoms with E-state index in [9.17, 15) is 4.57 Å². The van der Waals surface area contributed by atoms with Crippen molar-refractivity contribution in [3.63, 3.8) is 0 Å². The minimum atomic E-state index is -2.82. The number of aliphatic hydroxyl groups excluding tert-OH is 1. The summed E-state index contributed by atoms with van der Waals surface area (Å²) < 4.78 is 13.5. The van der Waals surface area contributed by atoms with Gasteiger partial charge in [0.2, 0.25) is 0 Å². The van der Waals surface area contributed by atoms with Crippen LogP contribution in [-0.2, 0) is 4.57 Å². The highest BCUT2D eigenvalue weighted by molar-refractivity contribution is 7.57. The number of nitrogens with one attached hydrogen (secondary N) is 4. The lowest BCUT2D eigenvalue weighted by atomic mass is 10.1. The monoisotopic (exact) mass is 683 g/mol. The van der Waals surface area contributed by atoms with E-state index in [1.807, 2.05) is 0 Å². The van der Waals surface area contributed by atoms with Crippen LogP contribution in [0.4, 0.5) is 0 Å². The molecular weight excluding hydrogens is 599 g/mol. The maximum atomic E-state index is 13.5. The summed E-state index contributed by atoms with van der Waals surface area (Å²) in [6, 6.07) is 0. The van der Waals surface area contributed by atoms with E-state index in [-0.39, 0.29) is 6.61 Å². The van der Waals surface area contributed by atoms with Crippen LogP contribution in [0, 0.1) is 0 Å². The number of unbranched alkanes of at least 4 members (excludes halogenated alkanes) is 24. The average Bonchev–Trinajstić information content (AvgIpc) is 3.07. The minimum absolute atomic E-state index is 0.125. The van der Waals surface area contributed by atoms with E-state index in [4.69, 9.17) is 5.11 Å². The lowest BCUT2D eigenvalue weighted by molar-refractivity contribution is 0.293. The lowest BCUT2D eigenvalue weighted by Crippen LogP contribution is -2.37. The highest BCUT2D eigenvalue weighted by atomic mass is 31.2. The Hall–Kier alpha value is -0.490. The van der Waals surface area contributed by atoms with Gasteiger partial charge in [-0.1, -0.05) is 154 Å². The van der Waals surface area contributed by atoms with Gasteiger partial charge in [-0.05, 0) is 64.2 Å². The summed E-state index contributed by atoms with van der Waals surface area (Å²) in [5.41, 5.74) is 0. The highest BCUT2D eigenvalue weighted by Crippen LogP contribution is 2.30. The van der Waals surface area contributed by atoms with Crippen LogP contribution in [0.1, 0.15) is 194 Å². The van der Waals surface area contributed by atoms with Crippen molar-refractivity contribution >= 4 is 7.59 Å². The zero-order valence-corrected chi connectivity index (χ0v) is 32.5. The molecule has 47 heavy (non-hydrogen) atoms. The molecule has 0 heterocycles. The van der Waals surface area contributed by atoms with Gasteiger partial charge in [0, 0.05) is 32.7 Å². The van der Waals surface area contributed by atoms with Crippen molar-refractivity contribution in [2.24, 2.45) is 0 Å². The Bertz CT molecular complexity index is 656. The van der Waals surface area contributed by atoms with Crippen molar-refractivity contribution < 1.29 is 9.67 Å². The molecule has 280 valence electrons. The van der Waals surface area contributed by atoms with E-state index < -0.39 is 7.59 Å². The second-order valence-electron chi connectivity index (χ2n) is 13.7. The second-order valence-corrected chi connectivity index (χ2v) is 15.9. The molecule has 0 saturated carbocycles. The number of hydrogen-bond acceptors (Lipinski definition) is 3. The molecule has 6 nitrogen and oxygen atoms in total. The second kappa shape index (κ2) is 39.9. The fourth-order valence-electron chi connectivity index (χ4n) is 5.89. The molecule has 0 aliphatic carbocycles. The van der Waals surface area contributed by atoms with E-state index in [2.05, 4.69) is 58.7 Å². The molecule has 0 bridgehead atoms. The largest absolute Gasteiger partial charge is 0.395 e. The van der Waals surface area contributed by atoms with Crippen LogP contribution < -0.4 is 20.6 Å². The first-order valence-electron chi connectivity index (χ1n) is 20.7. The zero-order valence-electron chi connectivity index (χ0n) is 31.7. The molecule has 0 rings (SSSR count). The molecule has 0 spiro atoms. The van der Waals surface area contributed by atoms with Crippen LogP contribution in [-0.4, -0.2) is 44.4 Å². The van der Waals surface area contributed by atoms with Gasteiger partial charge in [-0.2, -0.15) is 0 Å². The normalized spacial score (nSPS) is 12.3. The molecule has 0 fully saturated rings. The van der Waals surface area contributed by atoms with Crippen LogP contribution >= 0.6 is 7.59 Å². The van der Waals surface area contributed by atoms with Crippen LogP contribution in [0.2, 0.25) is 0 Å². The summed E-state index contributed by atoms with van der Waals surface area (Å²) >= 11 is 0. The molecule has 0 atom stereocenters. The smallest absolute Gasteiger partial charge is 0.279 e. The molecule has 0 aliphatic rings. The number of hydrogen-bond donors (Lipinski definition) is 5. The van der Waals surface area contributed by atoms with Gasteiger partial charge in [0.25, 0.3) is 7.59 Å². The van der Waals surface area contributed by atoms with Crippen molar-refractivity contribution in [1.82, 2.24) is 20.6 Å². The maximum absolute atomic E-state index is 13.5. The summed E-state index contributed by atoms with van der Waals surface area (Å²) in [5, 5.41) is 22.1. The maximum Gasteiger partial charge on any atom is 0.279 e. The Morgan fingerprint density at radius 1 is 0.404 bits per heavy atom. The number of rotatable bonds is 40. The molecule has 0 aromatic carbocycles. The third kappa shape index (κ3) is 38.2. The fourth-order valence-corrected chi connectivity index (χ4v) is 7.60. The van der Waals surface area contributed by atoms with E-state index in [1.54, 1.807) is 0 Å². The van der Waals surface area contributed by atoms with Crippen LogP contribution in [0.25, 0.3) is 0 Å². The van der Waals surface area contributed by atoms with Gasteiger partial charge in [-0.3, -0.25) is 4.57 Å². The molecule has 0 saturated heterocycles.